The molecule has 28 heteroatoms. The molecule has 0 bridgehead atoms. The van der Waals surface area contributed by atoms with E-state index in [1.165, 1.54) is 67.7 Å². The van der Waals surface area contributed by atoms with E-state index in [0.717, 1.165) is 52.2 Å². The zero-order chi connectivity index (χ0) is 64.6. The van der Waals surface area contributed by atoms with E-state index in [-0.39, 0.29) is 305 Å². The van der Waals surface area contributed by atoms with Crippen LogP contribution in [0, 0.1) is 5.92 Å². The van der Waals surface area contributed by atoms with Crippen molar-refractivity contribution < 1.29 is 85.6 Å². The summed E-state index contributed by atoms with van der Waals surface area (Å²) in [5, 5.41) is 0. The van der Waals surface area contributed by atoms with E-state index in [1.54, 1.807) is 13.8 Å². The maximum atomic E-state index is 10.6. The summed E-state index contributed by atoms with van der Waals surface area (Å²) >= 11 is 0. The first-order valence-electron chi connectivity index (χ1n) is 30.8. The highest BCUT2D eigenvalue weighted by Crippen LogP contribution is 2.39. The molecule has 0 aromatic rings. The summed E-state index contributed by atoms with van der Waals surface area (Å²) in [5.74, 6) is -0.951. The highest BCUT2D eigenvalue weighted by Gasteiger charge is 2.43. The lowest BCUT2D eigenvalue weighted by atomic mass is 9.90. The van der Waals surface area contributed by atoms with E-state index in [4.69, 9.17) is 37.9 Å². The van der Waals surface area contributed by atoms with Crippen LogP contribution in [0.5, 0.6) is 0 Å². The highest BCUT2D eigenvalue weighted by molar-refractivity contribution is 6.36. The lowest BCUT2D eigenvalue weighted by molar-refractivity contribution is -0.137. The lowest BCUT2D eigenvalue weighted by Crippen LogP contribution is -2.18. The van der Waals surface area contributed by atoms with Gasteiger partial charge in [0.25, 0.3) is 0 Å². The maximum absolute atomic E-state index is 10.6. The minimum Gasteiger partial charge on any atom is -0.467 e. The minimum absolute atomic E-state index is 0. The summed E-state index contributed by atoms with van der Waals surface area (Å²) in [6.07, 6.45) is 15.5. The molecule has 4 saturated heterocycles. The van der Waals surface area contributed by atoms with Crippen LogP contribution < -0.4 is 0 Å². The van der Waals surface area contributed by atoms with Crippen LogP contribution in [0.2, 0.25) is 89.6 Å². The number of epoxide rings is 4. The topological polar surface area (TPSA) is 226 Å². The molecule has 0 aromatic carbocycles. The molecule has 1 saturated carbocycles. The van der Waals surface area contributed by atoms with Crippen LogP contribution in [0.1, 0.15) is 226 Å². The fourth-order valence-electron chi connectivity index (χ4n) is 5.56. The zero-order valence-corrected chi connectivity index (χ0v) is 68.7. The second kappa shape index (κ2) is 162. The van der Waals surface area contributed by atoms with E-state index in [1.807, 2.05) is 0 Å². The van der Waals surface area contributed by atoms with Crippen molar-refractivity contribution in [3.8, 4) is 0 Å². The van der Waals surface area contributed by atoms with Gasteiger partial charge in [-0.2, -0.15) is 0 Å². The van der Waals surface area contributed by atoms with E-state index >= 15 is 0 Å². The number of ether oxygens (including phenoxy) is 12. The molecule has 110 heavy (non-hydrogen) atoms. The largest absolute Gasteiger partial charge is 0.467 e. The summed E-state index contributed by atoms with van der Waals surface area (Å²) in [6, 6.07) is 5.46. The molecule has 18 nitrogen and oxygen atoms in total. The molecule has 6 atom stereocenters. The molecule has 4 aliphatic heterocycles. The van der Waals surface area contributed by atoms with Crippen molar-refractivity contribution in [3.05, 3.63) is 74.9 Å². The second-order valence-electron chi connectivity index (χ2n) is 19.5. The van der Waals surface area contributed by atoms with Crippen LogP contribution in [0.15, 0.2) is 74.9 Å². The van der Waals surface area contributed by atoms with Crippen molar-refractivity contribution in [2.75, 3.05) is 83.6 Å². The Kier molecular flexibility index (Phi) is 306. The van der Waals surface area contributed by atoms with Crippen molar-refractivity contribution in [1.29, 1.82) is 0 Å². The van der Waals surface area contributed by atoms with Gasteiger partial charge in [0, 0.05) is 93.3 Å². The van der Waals surface area contributed by atoms with Crippen LogP contribution in [-0.2, 0) is 85.6 Å². The number of hydrogen-bond donors (Lipinski definition) is 0. The standard InChI is InChI=1S/C10H20O2Si.C6H14O2Si.2C6H12O2Si.4C5H10O2Si.2C4H10OSi.26CH4/c1-13-5-4-11-7-8-2-3-9-10(6-8)12-9;1-9-3-2-7-4-6-5-8-6;2*1-5(2)6(7)8-4-9-3;4*1-3-5(6)7-4-8-2;2*1-6-3-4-2-5-4;;;;;;;;;;;;;;;;;;;;;;;;;;/h8-10H,2-7,13H2,1H3;6H,2-5,9H2,1H3;2*1,4,9H2,2-3H3;4*3H,1,4,8H2,2H3;2*4H,2-3,6H2,1H3;26*1H4. The number of hydrogen-bond acceptors (Lipinski definition) is 18. The third-order valence-corrected chi connectivity index (χ3v) is 18.6. The zero-order valence-electron chi connectivity index (χ0n) is 54.6. The predicted molar refractivity (Wildman–Crippen MR) is 551 cm³/mol. The lowest BCUT2D eigenvalue weighted by Gasteiger charge is -2.18. The Morgan fingerprint density at radius 3 is 0.755 bits per heavy atom. The molecule has 5 fully saturated rings. The normalized spacial score (nSPS) is 14.6. The Hall–Kier alpha value is -2.81. The van der Waals surface area contributed by atoms with Crippen LogP contribution in [0.4, 0.5) is 0 Å². The van der Waals surface area contributed by atoms with Crippen molar-refractivity contribution >= 4 is 131 Å². The number of rotatable bonds is 32. The summed E-state index contributed by atoms with van der Waals surface area (Å²) in [4.78, 5) is 62.2. The molecule has 0 aromatic heterocycles. The molecule has 0 amide bonds. The van der Waals surface area contributed by atoms with Gasteiger partial charge in [-0.3, -0.25) is 0 Å². The minimum atomic E-state index is -0.306. The molecule has 0 N–H and O–H groups in total. The Balaban J connectivity index is -0.0000000213. The van der Waals surface area contributed by atoms with E-state index < -0.39 is 0 Å². The molecule has 1 aliphatic carbocycles. The molecular weight excluding hydrogens is 1550 g/mol. The molecule has 4 heterocycles. The van der Waals surface area contributed by atoms with Gasteiger partial charge in [-0.15, -0.1) is 0 Å². The maximum Gasteiger partial charge on any atom is 0.332 e. The van der Waals surface area contributed by atoms with E-state index in [2.05, 4.69) is 124 Å². The fourth-order valence-corrected chi connectivity index (χ4v) is 10.9. The first-order chi connectivity index (χ1) is 40.3. The summed E-state index contributed by atoms with van der Waals surface area (Å²) in [5.41, 5.74) is 0.968. The Labute approximate surface area is 722 Å². The monoisotopic (exact) mass is 1780 g/mol. The van der Waals surface area contributed by atoms with Gasteiger partial charge in [-0.1, -0.05) is 298 Å². The van der Waals surface area contributed by atoms with Crippen molar-refractivity contribution in [3.63, 3.8) is 0 Å². The van der Waals surface area contributed by atoms with Gasteiger partial charge in [0.1, 0.15) is 6.10 Å². The Bertz CT molecular complexity index is 1580. The SMILES string of the molecule is C.C.C.C.C.C.C.C.C.C.C.C.C.C.C.C.C.C.C.C.C.C.C.C.C.C.C=C(C)C(=O)OC[SiH2]C.C=C(C)C(=O)OC[SiH2]C.C=CC(=O)OC[SiH2]C.C=CC(=O)OC[SiH2]C.C=CC(=O)OC[SiH2]C.C=CC(=O)OC[SiH2]C.C[SiH2]CC1CO1.C[SiH2]CC1CO1.C[SiH2]CCOCC1CCC2OC2C1.C[SiH2]CCOCC1CO1. The summed E-state index contributed by atoms with van der Waals surface area (Å²) < 4.78 is 59.5. The smallest absolute Gasteiger partial charge is 0.332 e. The summed E-state index contributed by atoms with van der Waals surface area (Å²) in [7, 11) is 0.239. The number of carbonyl (C=O) groups is 6. The van der Waals surface area contributed by atoms with Gasteiger partial charge in [0.15, 0.2) is 0 Å². The van der Waals surface area contributed by atoms with Gasteiger partial charge in [0.05, 0.1) is 145 Å². The molecule has 698 valence electrons. The van der Waals surface area contributed by atoms with Crippen molar-refractivity contribution in [2.24, 2.45) is 5.92 Å². The van der Waals surface area contributed by atoms with Crippen LogP contribution >= 0.6 is 0 Å². The number of esters is 6. The van der Waals surface area contributed by atoms with Crippen molar-refractivity contribution in [1.82, 2.24) is 0 Å². The third kappa shape index (κ3) is 182. The molecule has 5 aliphatic rings. The van der Waals surface area contributed by atoms with Crippen LogP contribution in [0.3, 0.4) is 0 Å². The average Bonchev–Trinajstić information content (AvgIpc) is 1.67. The first-order valence-corrected chi connectivity index (χ1v) is 54.9. The second-order valence-corrected chi connectivity index (χ2v) is 34.5. The molecule has 0 spiro atoms. The van der Waals surface area contributed by atoms with Crippen LogP contribution in [0.25, 0.3) is 0 Å². The van der Waals surface area contributed by atoms with E-state index in [9.17, 15) is 28.8 Å². The van der Waals surface area contributed by atoms with Gasteiger partial charge in [0.2, 0.25) is 0 Å². The van der Waals surface area contributed by atoms with Crippen LogP contribution in [-0.4, -0.2) is 245 Å². The fraction of sp³-hybridized carbons (Fsp3) is 0.780. The Morgan fingerprint density at radius 2 is 0.573 bits per heavy atom. The highest BCUT2D eigenvalue weighted by atomic mass is 28.2. The first kappa shape index (κ1) is 208. The quantitative estimate of drug-likeness (QED) is 0.0152. The van der Waals surface area contributed by atoms with E-state index in [0.29, 0.717) is 98.1 Å². The summed E-state index contributed by atoms with van der Waals surface area (Å²) in [6.45, 7) is 51.8. The molecular formula is C82H222O18Si10. The number of carbonyl (C=O) groups excluding carboxylic acids is 6. The number of fused-ring (bicyclic) bond motifs is 1. The molecule has 5 rings (SSSR count). The van der Waals surface area contributed by atoms with Gasteiger partial charge in [-0.05, 0) is 63.2 Å². The van der Waals surface area contributed by atoms with Gasteiger partial charge < -0.3 is 56.8 Å². The third-order valence-electron chi connectivity index (χ3n) is 10.5. The molecule has 6 unspecified atom stereocenters. The molecule has 0 radical (unpaired) electrons. The average molecular weight is 1780 g/mol. The van der Waals surface area contributed by atoms with Crippen molar-refractivity contribution in [2.45, 2.75) is 346 Å². The Morgan fingerprint density at radius 1 is 0.336 bits per heavy atom. The van der Waals surface area contributed by atoms with Gasteiger partial charge >= 0.3 is 35.8 Å². The predicted octanol–water partition coefficient (Wildman–Crippen LogP) is 17.9. The van der Waals surface area contributed by atoms with Gasteiger partial charge in [-0.25, -0.2) is 28.8 Å².